The standard InChI is InChI=1S/C20H17N5O3/c26-17-13-8-4-5-9-16(13)28-11-15(17)22-20-23-18-14(19(27)24-20)10-21-25(18)12-6-2-1-3-7-12/h1-10,15,17,26H,11H2,(H2,22,23,24,27). The number of rotatable bonds is 3. The summed E-state index contributed by atoms with van der Waals surface area (Å²) in [7, 11) is 0. The summed E-state index contributed by atoms with van der Waals surface area (Å²) >= 11 is 0. The van der Waals surface area contributed by atoms with E-state index in [-0.39, 0.29) is 18.1 Å². The molecule has 0 saturated carbocycles. The lowest BCUT2D eigenvalue weighted by Crippen LogP contribution is -2.38. The van der Waals surface area contributed by atoms with Gasteiger partial charge in [0.1, 0.15) is 23.8 Å². The van der Waals surface area contributed by atoms with E-state index in [1.54, 1.807) is 4.68 Å². The number of para-hydroxylation sites is 2. The van der Waals surface area contributed by atoms with Gasteiger partial charge in [-0.05, 0) is 18.2 Å². The van der Waals surface area contributed by atoms with Gasteiger partial charge in [-0.3, -0.25) is 9.78 Å². The zero-order chi connectivity index (χ0) is 19.1. The van der Waals surface area contributed by atoms with Crippen LogP contribution in [-0.4, -0.2) is 37.5 Å². The topological polar surface area (TPSA) is 105 Å². The third kappa shape index (κ3) is 2.71. The van der Waals surface area contributed by atoms with Crippen LogP contribution in [0.15, 0.2) is 65.6 Å². The normalized spacial score (nSPS) is 18.5. The molecule has 0 radical (unpaired) electrons. The highest BCUT2D eigenvalue weighted by molar-refractivity contribution is 5.76. The Morgan fingerprint density at radius 1 is 1.14 bits per heavy atom. The van der Waals surface area contributed by atoms with Crippen LogP contribution in [0.2, 0.25) is 0 Å². The molecule has 0 aliphatic carbocycles. The molecule has 4 aromatic rings. The number of benzene rings is 2. The zero-order valence-corrected chi connectivity index (χ0v) is 14.7. The molecule has 5 rings (SSSR count). The van der Waals surface area contributed by atoms with Gasteiger partial charge in [0.05, 0.1) is 17.9 Å². The van der Waals surface area contributed by atoms with Gasteiger partial charge >= 0.3 is 0 Å². The molecule has 8 nitrogen and oxygen atoms in total. The van der Waals surface area contributed by atoms with Crippen molar-refractivity contribution in [2.45, 2.75) is 12.1 Å². The van der Waals surface area contributed by atoms with Crippen molar-refractivity contribution in [3.05, 3.63) is 76.7 Å². The molecule has 0 spiro atoms. The monoisotopic (exact) mass is 375 g/mol. The van der Waals surface area contributed by atoms with Gasteiger partial charge in [0.15, 0.2) is 5.65 Å². The molecule has 0 amide bonds. The minimum absolute atomic E-state index is 0.248. The van der Waals surface area contributed by atoms with Crippen molar-refractivity contribution in [2.75, 3.05) is 11.9 Å². The molecule has 2 unspecified atom stereocenters. The maximum Gasteiger partial charge on any atom is 0.263 e. The van der Waals surface area contributed by atoms with Crippen LogP contribution in [-0.2, 0) is 0 Å². The molecular formula is C20H17N5O3. The van der Waals surface area contributed by atoms with Crippen LogP contribution in [0.5, 0.6) is 5.75 Å². The zero-order valence-electron chi connectivity index (χ0n) is 14.7. The Bertz CT molecular complexity index is 1200. The van der Waals surface area contributed by atoms with E-state index in [4.69, 9.17) is 4.74 Å². The maximum absolute atomic E-state index is 12.5. The fourth-order valence-corrected chi connectivity index (χ4v) is 3.38. The minimum atomic E-state index is -0.787. The molecule has 3 heterocycles. The Balaban J connectivity index is 1.51. The van der Waals surface area contributed by atoms with E-state index in [1.165, 1.54) is 6.20 Å². The van der Waals surface area contributed by atoms with Gasteiger partial charge in [0.25, 0.3) is 5.56 Å². The van der Waals surface area contributed by atoms with Crippen molar-refractivity contribution in [1.82, 2.24) is 19.7 Å². The van der Waals surface area contributed by atoms with E-state index >= 15 is 0 Å². The second-order valence-electron chi connectivity index (χ2n) is 6.59. The average Bonchev–Trinajstić information content (AvgIpc) is 3.15. The Hall–Kier alpha value is -3.65. The maximum atomic E-state index is 12.5. The lowest BCUT2D eigenvalue weighted by molar-refractivity contribution is 0.0997. The molecule has 0 saturated heterocycles. The number of aliphatic hydroxyl groups is 1. The molecule has 2 aromatic carbocycles. The number of anilines is 1. The molecule has 0 bridgehead atoms. The van der Waals surface area contributed by atoms with E-state index in [1.807, 2.05) is 54.6 Å². The lowest BCUT2D eigenvalue weighted by atomic mass is 9.99. The molecule has 0 fully saturated rings. The van der Waals surface area contributed by atoms with Crippen LogP contribution in [0.1, 0.15) is 11.7 Å². The van der Waals surface area contributed by atoms with Crippen LogP contribution in [0.3, 0.4) is 0 Å². The Kier molecular flexibility index (Phi) is 3.84. The number of aliphatic hydroxyl groups excluding tert-OH is 1. The highest BCUT2D eigenvalue weighted by Crippen LogP contribution is 2.32. The van der Waals surface area contributed by atoms with E-state index in [2.05, 4.69) is 20.4 Å². The van der Waals surface area contributed by atoms with E-state index in [0.29, 0.717) is 22.3 Å². The first-order valence-electron chi connectivity index (χ1n) is 8.90. The minimum Gasteiger partial charge on any atom is -0.491 e. The number of aromatic amines is 1. The first-order chi connectivity index (χ1) is 13.7. The van der Waals surface area contributed by atoms with Gasteiger partial charge in [-0.1, -0.05) is 36.4 Å². The van der Waals surface area contributed by atoms with Crippen molar-refractivity contribution in [3.8, 4) is 11.4 Å². The molecule has 140 valence electrons. The van der Waals surface area contributed by atoms with Gasteiger partial charge < -0.3 is 15.2 Å². The molecule has 1 aliphatic rings. The number of nitrogens with zero attached hydrogens (tertiary/aromatic N) is 3. The molecule has 2 aromatic heterocycles. The Morgan fingerprint density at radius 2 is 1.93 bits per heavy atom. The summed E-state index contributed by atoms with van der Waals surface area (Å²) in [5, 5.41) is 18.4. The van der Waals surface area contributed by atoms with E-state index in [0.717, 1.165) is 5.69 Å². The van der Waals surface area contributed by atoms with Crippen LogP contribution in [0.4, 0.5) is 5.95 Å². The predicted molar refractivity (Wildman–Crippen MR) is 104 cm³/mol. The quantitative estimate of drug-likeness (QED) is 0.506. The summed E-state index contributed by atoms with van der Waals surface area (Å²) in [5.74, 6) is 0.911. The van der Waals surface area contributed by atoms with Crippen LogP contribution in [0, 0.1) is 0 Å². The number of ether oxygens (including phenoxy) is 1. The summed E-state index contributed by atoms with van der Waals surface area (Å²) in [6.45, 7) is 0.248. The van der Waals surface area contributed by atoms with E-state index < -0.39 is 12.1 Å². The van der Waals surface area contributed by atoms with Gasteiger partial charge in [0.2, 0.25) is 5.95 Å². The highest BCUT2D eigenvalue weighted by Gasteiger charge is 2.29. The van der Waals surface area contributed by atoms with Gasteiger partial charge in [-0.15, -0.1) is 0 Å². The summed E-state index contributed by atoms with van der Waals surface area (Å²) in [4.78, 5) is 19.7. The number of hydrogen-bond acceptors (Lipinski definition) is 6. The Morgan fingerprint density at radius 3 is 2.79 bits per heavy atom. The molecule has 2 atom stereocenters. The smallest absolute Gasteiger partial charge is 0.263 e. The molecule has 8 heteroatoms. The predicted octanol–water partition coefficient (Wildman–Crippen LogP) is 2.02. The van der Waals surface area contributed by atoms with Gasteiger partial charge in [-0.25, -0.2) is 4.68 Å². The van der Waals surface area contributed by atoms with Gasteiger partial charge in [-0.2, -0.15) is 10.1 Å². The summed E-state index contributed by atoms with van der Waals surface area (Å²) < 4.78 is 7.32. The van der Waals surface area contributed by atoms with Crippen molar-refractivity contribution in [3.63, 3.8) is 0 Å². The highest BCUT2D eigenvalue weighted by atomic mass is 16.5. The molecule has 28 heavy (non-hydrogen) atoms. The second kappa shape index (κ2) is 6.50. The third-order valence-corrected chi connectivity index (χ3v) is 4.80. The van der Waals surface area contributed by atoms with Crippen LogP contribution < -0.4 is 15.6 Å². The number of hydrogen-bond donors (Lipinski definition) is 3. The van der Waals surface area contributed by atoms with Crippen LogP contribution in [0.25, 0.3) is 16.7 Å². The third-order valence-electron chi connectivity index (χ3n) is 4.80. The number of H-pyrrole nitrogens is 1. The van der Waals surface area contributed by atoms with E-state index in [9.17, 15) is 9.90 Å². The lowest BCUT2D eigenvalue weighted by Gasteiger charge is -2.30. The van der Waals surface area contributed by atoms with Crippen molar-refractivity contribution in [1.29, 1.82) is 0 Å². The molecule has 3 N–H and O–H groups in total. The summed E-state index contributed by atoms with van der Waals surface area (Å²) in [5.41, 5.74) is 1.63. The van der Waals surface area contributed by atoms with Gasteiger partial charge in [0, 0.05) is 5.56 Å². The van der Waals surface area contributed by atoms with Crippen molar-refractivity contribution in [2.24, 2.45) is 0 Å². The number of fused-ring (bicyclic) bond motifs is 2. The second-order valence-corrected chi connectivity index (χ2v) is 6.59. The fourth-order valence-electron chi connectivity index (χ4n) is 3.38. The first-order valence-corrected chi connectivity index (χ1v) is 8.90. The SMILES string of the molecule is O=c1[nH]c(NC2COc3ccccc3C2O)nc2c1cnn2-c1ccccc1. The Labute approximate surface area is 159 Å². The summed E-state index contributed by atoms with van der Waals surface area (Å²) in [6.07, 6.45) is 0.706. The fraction of sp³-hybridized carbons (Fsp3) is 0.150. The number of nitrogens with one attached hydrogen (secondary N) is 2. The molecular weight excluding hydrogens is 358 g/mol. The molecule has 1 aliphatic heterocycles. The summed E-state index contributed by atoms with van der Waals surface area (Å²) in [6, 6.07) is 16.3. The van der Waals surface area contributed by atoms with Crippen molar-refractivity contribution >= 4 is 17.0 Å². The average molecular weight is 375 g/mol. The first kappa shape index (κ1) is 16.5. The largest absolute Gasteiger partial charge is 0.491 e. The number of aromatic nitrogens is 4. The van der Waals surface area contributed by atoms with Crippen molar-refractivity contribution < 1.29 is 9.84 Å². The van der Waals surface area contributed by atoms with Crippen LogP contribution >= 0.6 is 0 Å².